The van der Waals surface area contributed by atoms with E-state index in [1.807, 2.05) is 0 Å². The molecule has 0 spiro atoms. The number of nitrogens with two attached hydrogens (primary N) is 1. The second-order valence-electron chi connectivity index (χ2n) is 4.25. The van der Waals surface area contributed by atoms with E-state index in [1.54, 1.807) is 12.1 Å². The van der Waals surface area contributed by atoms with E-state index in [0.29, 0.717) is 4.90 Å². The summed E-state index contributed by atoms with van der Waals surface area (Å²) in [5.41, 5.74) is 2.26. The summed E-state index contributed by atoms with van der Waals surface area (Å²) in [6.45, 7) is 0. The Morgan fingerprint density at radius 3 is 2.48 bits per heavy atom. The van der Waals surface area contributed by atoms with Crippen molar-refractivity contribution >= 4 is 11.8 Å². The molecule has 0 amide bonds. The molecule has 2 nitrogen and oxygen atoms in total. The first-order chi connectivity index (χ1) is 10.0. The van der Waals surface area contributed by atoms with Crippen LogP contribution in [0, 0.1) is 23.3 Å². The van der Waals surface area contributed by atoms with Gasteiger partial charge in [-0.3, -0.25) is 11.3 Å². The Morgan fingerprint density at radius 2 is 1.81 bits per heavy atom. The van der Waals surface area contributed by atoms with Crippen LogP contribution in [0.4, 0.5) is 17.6 Å². The van der Waals surface area contributed by atoms with Crippen molar-refractivity contribution in [1.29, 1.82) is 0 Å². The van der Waals surface area contributed by atoms with Gasteiger partial charge in [0.25, 0.3) is 0 Å². The molecule has 0 aromatic heterocycles. The zero-order valence-corrected chi connectivity index (χ0v) is 11.6. The SMILES string of the molecule is NNC(CSc1cccc(F)c1)c1ccc(F)c(F)c1F. The molecule has 0 heterocycles. The fourth-order valence-corrected chi connectivity index (χ4v) is 2.78. The molecule has 2 aromatic carbocycles. The van der Waals surface area contributed by atoms with Gasteiger partial charge in [0.15, 0.2) is 17.5 Å². The highest BCUT2D eigenvalue weighted by atomic mass is 32.2. The normalized spacial score (nSPS) is 12.4. The summed E-state index contributed by atoms with van der Waals surface area (Å²) in [7, 11) is 0. The lowest BCUT2D eigenvalue weighted by Gasteiger charge is -2.17. The lowest BCUT2D eigenvalue weighted by atomic mass is 10.1. The van der Waals surface area contributed by atoms with Crippen LogP contribution in [0.25, 0.3) is 0 Å². The molecule has 0 bridgehead atoms. The van der Waals surface area contributed by atoms with Crippen LogP contribution in [0.5, 0.6) is 0 Å². The van der Waals surface area contributed by atoms with E-state index in [2.05, 4.69) is 5.43 Å². The van der Waals surface area contributed by atoms with Crippen LogP contribution in [-0.2, 0) is 0 Å². The average Bonchev–Trinajstić information content (AvgIpc) is 2.47. The molecular weight excluding hydrogens is 304 g/mol. The van der Waals surface area contributed by atoms with Gasteiger partial charge in [0, 0.05) is 16.2 Å². The molecule has 0 aliphatic heterocycles. The van der Waals surface area contributed by atoms with E-state index in [4.69, 9.17) is 5.84 Å². The van der Waals surface area contributed by atoms with Gasteiger partial charge < -0.3 is 0 Å². The summed E-state index contributed by atoms with van der Waals surface area (Å²) < 4.78 is 52.9. The Kier molecular flexibility index (Phi) is 5.22. The van der Waals surface area contributed by atoms with Gasteiger partial charge in [-0.1, -0.05) is 12.1 Å². The van der Waals surface area contributed by atoms with Gasteiger partial charge in [0.2, 0.25) is 0 Å². The highest BCUT2D eigenvalue weighted by Gasteiger charge is 2.20. The molecule has 0 radical (unpaired) electrons. The fraction of sp³-hybridized carbons (Fsp3) is 0.143. The number of hydrogen-bond donors (Lipinski definition) is 2. The highest BCUT2D eigenvalue weighted by molar-refractivity contribution is 7.99. The van der Waals surface area contributed by atoms with Gasteiger partial charge in [-0.25, -0.2) is 17.6 Å². The number of rotatable bonds is 5. The zero-order chi connectivity index (χ0) is 15.4. The quantitative estimate of drug-likeness (QED) is 0.291. The molecule has 0 fully saturated rings. The summed E-state index contributed by atoms with van der Waals surface area (Å²) in [5.74, 6) is 1.09. The van der Waals surface area contributed by atoms with Crippen LogP contribution >= 0.6 is 11.8 Å². The van der Waals surface area contributed by atoms with E-state index >= 15 is 0 Å². The number of halogens is 4. The van der Waals surface area contributed by atoms with Crippen LogP contribution < -0.4 is 11.3 Å². The smallest absolute Gasteiger partial charge is 0.194 e. The van der Waals surface area contributed by atoms with Gasteiger partial charge in [-0.15, -0.1) is 11.8 Å². The topological polar surface area (TPSA) is 38.0 Å². The molecular formula is C14H12F4N2S. The van der Waals surface area contributed by atoms with Gasteiger partial charge in [-0.2, -0.15) is 0 Å². The third kappa shape index (κ3) is 3.75. The number of nitrogens with one attached hydrogen (secondary N) is 1. The van der Waals surface area contributed by atoms with Gasteiger partial charge in [-0.05, 0) is 24.3 Å². The molecule has 0 aliphatic rings. The molecule has 2 aromatic rings. The van der Waals surface area contributed by atoms with Crippen LogP contribution in [0.1, 0.15) is 11.6 Å². The molecule has 2 rings (SSSR count). The monoisotopic (exact) mass is 316 g/mol. The Morgan fingerprint density at radius 1 is 1.05 bits per heavy atom. The maximum atomic E-state index is 13.7. The highest BCUT2D eigenvalue weighted by Crippen LogP contribution is 2.27. The van der Waals surface area contributed by atoms with E-state index in [9.17, 15) is 17.6 Å². The first-order valence-corrected chi connectivity index (χ1v) is 6.99. The molecule has 0 saturated carbocycles. The average molecular weight is 316 g/mol. The van der Waals surface area contributed by atoms with Crippen LogP contribution in [0.2, 0.25) is 0 Å². The summed E-state index contributed by atoms with van der Waals surface area (Å²) >= 11 is 1.22. The van der Waals surface area contributed by atoms with Crippen molar-refractivity contribution < 1.29 is 17.6 Å². The molecule has 0 aliphatic carbocycles. The fourth-order valence-electron chi connectivity index (χ4n) is 1.77. The molecule has 0 saturated heterocycles. The lowest BCUT2D eigenvalue weighted by Crippen LogP contribution is -2.30. The largest absolute Gasteiger partial charge is 0.271 e. The Bertz CT molecular complexity index is 636. The third-order valence-corrected chi connectivity index (χ3v) is 3.94. The van der Waals surface area contributed by atoms with E-state index in [-0.39, 0.29) is 11.3 Å². The van der Waals surface area contributed by atoms with E-state index in [0.717, 1.165) is 12.1 Å². The minimum Gasteiger partial charge on any atom is -0.271 e. The number of benzene rings is 2. The van der Waals surface area contributed by atoms with Crippen LogP contribution in [-0.4, -0.2) is 5.75 Å². The molecule has 21 heavy (non-hydrogen) atoms. The second-order valence-corrected chi connectivity index (χ2v) is 5.35. The molecule has 7 heteroatoms. The first kappa shape index (κ1) is 15.8. The summed E-state index contributed by atoms with van der Waals surface area (Å²) in [6.07, 6.45) is 0. The predicted octanol–water partition coefficient (Wildman–Crippen LogP) is 3.54. The van der Waals surface area contributed by atoms with Gasteiger partial charge in [0.05, 0.1) is 6.04 Å². The maximum Gasteiger partial charge on any atom is 0.194 e. The minimum atomic E-state index is -1.54. The molecule has 1 unspecified atom stereocenters. The van der Waals surface area contributed by atoms with Crippen LogP contribution in [0.15, 0.2) is 41.3 Å². The zero-order valence-electron chi connectivity index (χ0n) is 10.7. The van der Waals surface area contributed by atoms with Crippen molar-refractivity contribution in [2.24, 2.45) is 5.84 Å². The number of hydrazine groups is 1. The van der Waals surface area contributed by atoms with Gasteiger partial charge >= 0.3 is 0 Å². The summed E-state index contributed by atoms with van der Waals surface area (Å²) in [6, 6.07) is 7.07. The van der Waals surface area contributed by atoms with Crippen LogP contribution in [0.3, 0.4) is 0 Å². The Labute approximate surface area is 123 Å². The number of hydrogen-bond acceptors (Lipinski definition) is 3. The van der Waals surface area contributed by atoms with Crippen molar-refractivity contribution in [3.05, 3.63) is 65.2 Å². The lowest BCUT2D eigenvalue weighted by molar-refractivity contribution is 0.431. The standard InChI is InChI=1S/C14H12F4N2S/c15-8-2-1-3-9(6-8)21-7-12(20-19)10-4-5-11(16)14(18)13(10)17/h1-6,12,20H,7,19H2. The Hall–Kier alpha value is -1.57. The first-order valence-electron chi connectivity index (χ1n) is 6.01. The van der Waals surface area contributed by atoms with E-state index < -0.39 is 29.3 Å². The van der Waals surface area contributed by atoms with Crippen molar-refractivity contribution in [2.75, 3.05) is 5.75 Å². The summed E-state index contributed by atoms with van der Waals surface area (Å²) in [5, 5.41) is 0. The Balaban J connectivity index is 2.15. The van der Waals surface area contributed by atoms with Crippen molar-refractivity contribution in [3.63, 3.8) is 0 Å². The minimum absolute atomic E-state index is 0.0831. The van der Waals surface area contributed by atoms with E-state index in [1.165, 1.54) is 23.9 Å². The predicted molar refractivity (Wildman–Crippen MR) is 73.5 cm³/mol. The van der Waals surface area contributed by atoms with Crippen molar-refractivity contribution in [3.8, 4) is 0 Å². The molecule has 112 valence electrons. The third-order valence-electron chi connectivity index (χ3n) is 2.85. The number of thioether (sulfide) groups is 1. The molecule has 3 N–H and O–H groups in total. The maximum absolute atomic E-state index is 13.7. The van der Waals surface area contributed by atoms with Crippen molar-refractivity contribution in [1.82, 2.24) is 5.43 Å². The van der Waals surface area contributed by atoms with Gasteiger partial charge in [0.1, 0.15) is 5.82 Å². The van der Waals surface area contributed by atoms with Crippen molar-refractivity contribution in [2.45, 2.75) is 10.9 Å². The second kappa shape index (κ2) is 6.93. The summed E-state index contributed by atoms with van der Waals surface area (Å²) in [4.78, 5) is 0.623. The molecule has 1 atom stereocenters.